The number of methoxy groups -OCH3 is 1. The number of carbonyl (C=O) groups excluding carboxylic acids is 2. The van der Waals surface area contributed by atoms with Crippen molar-refractivity contribution in [3.63, 3.8) is 0 Å². The number of hydrogen-bond acceptors (Lipinski definition) is 5. The fourth-order valence-corrected chi connectivity index (χ4v) is 3.98. The van der Waals surface area contributed by atoms with E-state index in [1.165, 1.54) is 29.2 Å². The molecule has 2 amide bonds. The Hall–Kier alpha value is -3.85. The van der Waals surface area contributed by atoms with Crippen LogP contribution in [-0.2, 0) is 16.1 Å². The molecule has 0 aliphatic carbocycles. The van der Waals surface area contributed by atoms with Crippen molar-refractivity contribution in [1.29, 1.82) is 0 Å². The van der Waals surface area contributed by atoms with Gasteiger partial charge >= 0.3 is 0 Å². The van der Waals surface area contributed by atoms with E-state index in [9.17, 15) is 14.0 Å². The lowest BCUT2D eigenvalue weighted by Gasteiger charge is -2.23. The van der Waals surface area contributed by atoms with Gasteiger partial charge in [0.15, 0.2) is 5.11 Å². The molecule has 1 aromatic heterocycles. The molecule has 2 heterocycles. The predicted octanol–water partition coefficient (Wildman–Crippen LogP) is 3.76. The first-order chi connectivity index (χ1) is 16.0. The molecule has 0 spiro atoms. The van der Waals surface area contributed by atoms with E-state index in [0.29, 0.717) is 23.7 Å². The lowest BCUT2D eigenvalue weighted by atomic mass is 10.1. The number of nitrogens with zero attached hydrogens (tertiary/aromatic N) is 3. The second-order valence-corrected chi connectivity index (χ2v) is 7.78. The van der Waals surface area contributed by atoms with Crippen LogP contribution in [0.25, 0.3) is 0 Å². The van der Waals surface area contributed by atoms with E-state index in [0.717, 1.165) is 5.56 Å². The van der Waals surface area contributed by atoms with Crippen molar-refractivity contribution >= 4 is 40.5 Å². The van der Waals surface area contributed by atoms with Gasteiger partial charge < -0.3 is 15.0 Å². The molecule has 3 aromatic rings. The third-order valence-electron chi connectivity index (χ3n) is 5.23. The van der Waals surface area contributed by atoms with Gasteiger partial charge in [0.25, 0.3) is 5.91 Å². The average molecular weight is 465 g/mol. The van der Waals surface area contributed by atoms with Gasteiger partial charge in [-0.15, -0.1) is 0 Å². The zero-order chi connectivity index (χ0) is 23.4. The molecule has 2 aromatic carbocycles. The Morgan fingerprint density at radius 2 is 1.88 bits per heavy atom. The highest BCUT2D eigenvalue weighted by Crippen LogP contribution is 2.29. The second-order valence-electron chi connectivity index (χ2n) is 7.42. The Morgan fingerprint density at radius 1 is 1.15 bits per heavy atom. The Labute approximate surface area is 195 Å². The van der Waals surface area contributed by atoms with Gasteiger partial charge in [-0.2, -0.15) is 0 Å². The molecule has 33 heavy (non-hydrogen) atoms. The molecule has 4 rings (SSSR count). The first kappa shape index (κ1) is 22.3. The van der Waals surface area contributed by atoms with Crippen molar-refractivity contribution in [2.45, 2.75) is 19.0 Å². The van der Waals surface area contributed by atoms with Crippen LogP contribution >= 0.6 is 12.2 Å². The summed E-state index contributed by atoms with van der Waals surface area (Å²) in [6.07, 6.45) is 3.23. The number of anilines is 2. The molecule has 0 saturated carbocycles. The maximum atomic E-state index is 13.4. The number of thiocarbonyl (C=S) groups is 1. The number of rotatable bonds is 7. The fourth-order valence-electron chi connectivity index (χ4n) is 3.59. The summed E-state index contributed by atoms with van der Waals surface area (Å²) in [5.74, 6) is -0.431. The van der Waals surface area contributed by atoms with Crippen molar-refractivity contribution in [2.24, 2.45) is 0 Å². The monoisotopic (exact) mass is 464 g/mol. The normalized spacial score (nSPS) is 15.6. The maximum Gasteiger partial charge on any atom is 0.256 e. The van der Waals surface area contributed by atoms with Crippen LogP contribution in [0, 0.1) is 5.82 Å². The summed E-state index contributed by atoms with van der Waals surface area (Å²) in [7, 11) is 1.56. The van der Waals surface area contributed by atoms with E-state index in [-0.39, 0.29) is 23.3 Å². The summed E-state index contributed by atoms with van der Waals surface area (Å²) in [5, 5.41) is 3.05. The van der Waals surface area contributed by atoms with Gasteiger partial charge in [-0.1, -0.05) is 6.07 Å². The van der Waals surface area contributed by atoms with Crippen molar-refractivity contribution in [3.05, 3.63) is 84.4 Å². The summed E-state index contributed by atoms with van der Waals surface area (Å²) in [6, 6.07) is 15.2. The quantitative estimate of drug-likeness (QED) is 0.537. The average Bonchev–Trinajstić information content (AvgIpc) is 3.05. The van der Waals surface area contributed by atoms with Crippen LogP contribution in [0.4, 0.5) is 15.8 Å². The smallest absolute Gasteiger partial charge is 0.256 e. The number of benzene rings is 2. The van der Waals surface area contributed by atoms with Crippen LogP contribution in [-0.4, -0.2) is 40.0 Å². The van der Waals surface area contributed by atoms with E-state index < -0.39 is 11.9 Å². The first-order valence-electron chi connectivity index (χ1n) is 10.2. The van der Waals surface area contributed by atoms with Crippen LogP contribution in [0.1, 0.15) is 12.0 Å². The molecule has 0 bridgehead atoms. The predicted molar refractivity (Wildman–Crippen MR) is 126 cm³/mol. The number of aromatic nitrogens is 1. The Balaban J connectivity index is 1.57. The molecule has 7 nitrogen and oxygen atoms in total. The minimum absolute atomic E-state index is 0.108. The third kappa shape index (κ3) is 4.98. The third-order valence-corrected chi connectivity index (χ3v) is 5.65. The van der Waals surface area contributed by atoms with Crippen molar-refractivity contribution in [1.82, 2.24) is 9.88 Å². The van der Waals surface area contributed by atoms with Crippen LogP contribution in [0.2, 0.25) is 0 Å². The van der Waals surface area contributed by atoms with Crippen LogP contribution in [0.5, 0.6) is 5.75 Å². The van der Waals surface area contributed by atoms with Crippen molar-refractivity contribution < 1.29 is 18.7 Å². The molecule has 1 atom stereocenters. The molecule has 1 fully saturated rings. The van der Waals surface area contributed by atoms with Crippen LogP contribution in [0.15, 0.2) is 73.1 Å². The summed E-state index contributed by atoms with van der Waals surface area (Å²) in [6.45, 7) is 0.302. The molecule has 1 saturated heterocycles. The summed E-state index contributed by atoms with van der Waals surface area (Å²) in [5.41, 5.74) is 1.87. The number of hydrogen-bond donors (Lipinski definition) is 1. The van der Waals surface area contributed by atoms with Crippen LogP contribution in [0.3, 0.4) is 0 Å². The number of halogens is 1. The van der Waals surface area contributed by atoms with Crippen molar-refractivity contribution in [2.75, 3.05) is 17.3 Å². The van der Waals surface area contributed by atoms with Gasteiger partial charge in [0.1, 0.15) is 17.6 Å². The van der Waals surface area contributed by atoms with Gasteiger partial charge in [0.05, 0.1) is 19.2 Å². The van der Waals surface area contributed by atoms with Gasteiger partial charge in [0.2, 0.25) is 5.91 Å². The molecule has 1 N–H and O–H groups in total. The summed E-state index contributed by atoms with van der Waals surface area (Å²) in [4.78, 5) is 33.3. The maximum absolute atomic E-state index is 13.4. The number of carbonyl (C=O) groups is 2. The fraction of sp³-hybridized carbons (Fsp3) is 0.167. The van der Waals surface area contributed by atoms with E-state index in [1.54, 1.807) is 54.7 Å². The molecule has 1 unspecified atom stereocenters. The summed E-state index contributed by atoms with van der Waals surface area (Å²) < 4.78 is 18.5. The van der Waals surface area contributed by atoms with Gasteiger partial charge in [0, 0.05) is 24.6 Å². The minimum Gasteiger partial charge on any atom is -0.497 e. The molecular weight excluding hydrogens is 443 g/mol. The number of amides is 2. The van der Waals surface area contributed by atoms with Gasteiger partial charge in [-0.05, 0) is 72.4 Å². The molecule has 1 aliphatic rings. The lowest BCUT2D eigenvalue weighted by molar-refractivity contribution is -0.124. The molecular formula is C24H21FN4O3S. The highest BCUT2D eigenvalue weighted by molar-refractivity contribution is 7.80. The highest BCUT2D eigenvalue weighted by atomic mass is 32.1. The van der Waals surface area contributed by atoms with E-state index in [1.807, 2.05) is 6.07 Å². The second kappa shape index (κ2) is 9.74. The highest BCUT2D eigenvalue weighted by Gasteiger charge is 2.44. The van der Waals surface area contributed by atoms with E-state index in [2.05, 4.69) is 10.3 Å². The molecule has 168 valence electrons. The Morgan fingerprint density at radius 3 is 2.52 bits per heavy atom. The van der Waals surface area contributed by atoms with Crippen molar-refractivity contribution in [3.8, 4) is 5.75 Å². The zero-order valence-corrected chi connectivity index (χ0v) is 18.6. The Bertz CT molecular complexity index is 1160. The number of nitrogens with one attached hydrogen (secondary N) is 1. The van der Waals surface area contributed by atoms with E-state index in [4.69, 9.17) is 17.0 Å². The summed E-state index contributed by atoms with van der Waals surface area (Å²) >= 11 is 5.61. The van der Waals surface area contributed by atoms with Crippen LogP contribution < -0.4 is 15.0 Å². The lowest BCUT2D eigenvalue weighted by Crippen LogP contribution is -2.37. The molecule has 9 heteroatoms. The van der Waals surface area contributed by atoms with E-state index >= 15 is 0 Å². The first-order valence-corrected chi connectivity index (χ1v) is 10.6. The Kier molecular flexibility index (Phi) is 6.60. The topological polar surface area (TPSA) is 74.8 Å². The number of ether oxygens (including phenoxy) is 1. The largest absolute Gasteiger partial charge is 0.497 e. The minimum atomic E-state index is -0.819. The molecule has 1 aliphatic heterocycles. The molecule has 0 radical (unpaired) electrons. The SMILES string of the molecule is COc1ccc(NC(=O)CC2C(=O)N(c3ccc(F)cc3)C(=S)N2Cc2cccnc2)cc1. The van der Waals surface area contributed by atoms with Gasteiger partial charge in [-0.3, -0.25) is 19.5 Å². The van der Waals surface area contributed by atoms with Gasteiger partial charge in [-0.25, -0.2) is 4.39 Å². The zero-order valence-electron chi connectivity index (χ0n) is 17.8. The standard InChI is InChI=1S/C24H21FN4O3S/c1-32-20-10-6-18(7-11-20)27-22(30)13-21-23(31)29(19-8-4-17(25)5-9-19)24(33)28(21)15-16-3-2-12-26-14-16/h2-12,14,21H,13,15H2,1H3,(H,27,30). The number of pyridine rings is 1.